The van der Waals surface area contributed by atoms with Crippen molar-refractivity contribution in [3.05, 3.63) is 64.8 Å². The molecule has 1 heterocycles. The Morgan fingerprint density at radius 3 is 2.47 bits per heavy atom. The molecule has 0 aliphatic carbocycles. The van der Waals surface area contributed by atoms with E-state index in [-0.39, 0.29) is 24.1 Å². The van der Waals surface area contributed by atoms with Gasteiger partial charge in [-0.2, -0.15) is 0 Å². The van der Waals surface area contributed by atoms with E-state index < -0.39 is 10.0 Å². The maximum absolute atomic E-state index is 14.2. The lowest BCUT2D eigenvalue weighted by molar-refractivity contribution is 0.0744. The molecular formula is C27H35BrN2O5S. The summed E-state index contributed by atoms with van der Waals surface area (Å²) >= 11 is 3.55. The quantitative estimate of drug-likeness (QED) is 0.135. The smallest absolute Gasteiger partial charge is 0.269 e. The first-order valence-corrected chi connectivity index (χ1v) is 14.6. The van der Waals surface area contributed by atoms with Crippen molar-refractivity contribution in [3.63, 3.8) is 0 Å². The molecule has 0 saturated heterocycles. The summed E-state index contributed by atoms with van der Waals surface area (Å²) in [6, 6.07) is 13.3. The molecule has 0 atom stereocenters. The number of ether oxygens (including phenoxy) is 2. The average Bonchev–Trinajstić information content (AvgIpc) is 3.20. The Labute approximate surface area is 223 Å². The van der Waals surface area contributed by atoms with Crippen LogP contribution in [0.2, 0.25) is 0 Å². The van der Waals surface area contributed by atoms with E-state index in [9.17, 15) is 8.42 Å². The molecule has 196 valence electrons. The summed E-state index contributed by atoms with van der Waals surface area (Å²) in [5.74, 6) is 0.677. The molecule has 0 amide bonds. The number of methoxy groups -OCH3 is 1. The minimum absolute atomic E-state index is 0.148. The Hall–Kier alpha value is -2.20. The van der Waals surface area contributed by atoms with Crippen molar-refractivity contribution in [2.75, 3.05) is 31.4 Å². The lowest BCUT2D eigenvalue weighted by Crippen LogP contribution is -2.34. The fraction of sp³-hybridized carbons (Fsp3) is 0.444. The summed E-state index contributed by atoms with van der Waals surface area (Å²) in [4.78, 5) is 0.186. The van der Waals surface area contributed by atoms with Gasteiger partial charge in [-0.05, 0) is 55.4 Å². The van der Waals surface area contributed by atoms with Crippen LogP contribution in [-0.4, -0.2) is 40.6 Å². The van der Waals surface area contributed by atoms with E-state index in [1.165, 1.54) is 0 Å². The lowest BCUT2D eigenvalue weighted by atomic mass is 9.93. The SMILES string of the molecule is COCCOCN(c1onc(C)c1C)S(=O)(=O)c1ccccc1-c1ccc(CBr)cc1CCC(C)C. The van der Waals surface area contributed by atoms with Gasteiger partial charge >= 0.3 is 0 Å². The normalized spacial score (nSPS) is 11.9. The van der Waals surface area contributed by atoms with Crippen molar-refractivity contribution in [2.45, 2.75) is 50.8 Å². The molecule has 9 heteroatoms. The van der Waals surface area contributed by atoms with Crippen LogP contribution < -0.4 is 4.31 Å². The van der Waals surface area contributed by atoms with Gasteiger partial charge in [0.25, 0.3) is 10.0 Å². The molecule has 0 fully saturated rings. The van der Waals surface area contributed by atoms with Crippen LogP contribution >= 0.6 is 15.9 Å². The van der Waals surface area contributed by atoms with E-state index in [4.69, 9.17) is 14.0 Å². The number of nitrogens with zero attached hydrogens (tertiary/aromatic N) is 2. The summed E-state index contributed by atoms with van der Waals surface area (Å²) in [6.45, 7) is 8.30. The number of rotatable bonds is 13. The molecule has 0 unspecified atom stereocenters. The number of halogens is 1. The Kier molecular flexibility index (Phi) is 10.1. The molecule has 36 heavy (non-hydrogen) atoms. The predicted octanol–water partition coefficient (Wildman–Crippen LogP) is 6.26. The number of hydrogen-bond donors (Lipinski definition) is 0. The van der Waals surface area contributed by atoms with Gasteiger partial charge < -0.3 is 14.0 Å². The standard InChI is InChI=1S/C27H35BrN2O5S/c1-19(2)10-12-23-16-22(17-28)11-13-24(23)25-8-6-7-9-26(25)36(31,32)30(18-34-15-14-33-5)27-20(3)21(4)29-35-27/h6-9,11,13,16,19H,10,12,14-15,17-18H2,1-5H3. The Morgan fingerprint density at radius 1 is 1.08 bits per heavy atom. The van der Waals surface area contributed by atoms with Crippen molar-refractivity contribution < 1.29 is 22.4 Å². The number of aryl methyl sites for hydroxylation is 2. The highest BCUT2D eigenvalue weighted by Gasteiger charge is 2.32. The second-order valence-electron chi connectivity index (χ2n) is 9.14. The van der Waals surface area contributed by atoms with Crippen LogP contribution in [-0.2, 0) is 31.2 Å². The summed E-state index contributed by atoms with van der Waals surface area (Å²) in [7, 11) is -2.50. The number of anilines is 1. The number of hydrogen-bond acceptors (Lipinski definition) is 6. The van der Waals surface area contributed by atoms with Crippen molar-refractivity contribution in [1.29, 1.82) is 0 Å². The topological polar surface area (TPSA) is 81.9 Å². The van der Waals surface area contributed by atoms with Crippen LogP contribution in [0, 0.1) is 19.8 Å². The zero-order valence-corrected chi connectivity index (χ0v) is 24.0. The lowest BCUT2D eigenvalue weighted by Gasteiger charge is -2.24. The molecule has 0 radical (unpaired) electrons. The van der Waals surface area contributed by atoms with Gasteiger partial charge in [0.05, 0.1) is 23.8 Å². The van der Waals surface area contributed by atoms with Gasteiger partial charge in [-0.3, -0.25) is 0 Å². The third-order valence-corrected chi connectivity index (χ3v) is 8.47. The highest BCUT2D eigenvalue weighted by Crippen LogP contribution is 2.36. The first-order valence-electron chi connectivity index (χ1n) is 12.0. The minimum Gasteiger partial charge on any atom is -0.382 e. The maximum Gasteiger partial charge on any atom is 0.269 e. The molecule has 0 aliphatic heterocycles. The molecule has 0 saturated carbocycles. The summed E-state index contributed by atoms with van der Waals surface area (Å²) in [5.41, 5.74) is 5.09. The van der Waals surface area contributed by atoms with Crippen molar-refractivity contribution in [2.24, 2.45) is 5.92 Å². The monoisotopic (exact) mass is 578 g/mol. The van der Waals surface area contributed by atoms with Gasteiger partial charge in [0.1, 0.15) is 6.73 Å². The van der Waals surface area contributed by atoms with Crippen LogP contribution in [0.25, 0.3) is 11.1 Å². The molecule has 0 bridgehead atoms. The van der Waals surface area contributed by atoms with Crippen molar-refractivity contribution in [3.8, 4) is 11.1 Å². The third kappa shape index (κ3) is 6.56. The molecule has 2 aromatic carbocycles. The highest BCUT2D eigenvalue weighted by molar-refractivity contribution is 9.08. The second-order valence-corrected chi connectivity index (χ2v) is 11.5. The van der Waals surface area contributed by atoms with Gasteiger partial charge in [-0.25, -0.2) is 12.7 Å². The van der Waals surface area contributed by atoms with Crippen LogP contribution in [0.1, 0.15) is 42.7 Å². The number of sulfonamides is 1. The third-order valence-electron chi connectivity index (χ3n) is 6.06. The first kappa shape index (κ1) is 28.4. The van der Waals surface area contributed by atoms with E-state index in [1.807, 2.05) is 24.3 Å². The van der Waals surface area contributed by atoms with Crippen LogP contribution in [0.15, 0.2) is 51.9 Å². The molecule has 7 nitrogen and oxygen atoms in total. The van der Waals surface area contributed by atoms with E-state index in [1.54, 1.807) is 33.1 Å². The number of alkyl halides is 1. The molecular weight excluding hydrogens is 544 g/mol. The Balaban J connectivity index is 2.12. The van der Waals surface area contributed by atoms with E-state index in [0.717, 1.165) is 39.2 Å². The summed E-state index contributed by atoms with van der Waals surface area (Å²) in [6.07, 6.45) is 1.86. The van der Waals surface area contributed by atoms with E-state index >= 15 is 0 Å². The van der Waals surface area contributed by atoms with Gasteiger partial charge in [0, 0.05) is 23.6 Å². The van der Waals surface area contributed by atoms with Crippen LogP contribution in [0.3, 0.4) is 0 Å². The van der Waals surface area contributed by atoms with Gasteiger partial charge in [-0.1, -0.05) is 71.3 Å². The number of benzene rings is 2. The molecule has 3 rings (SSSR count). The van der Waals surface area contributed by atoms with Crippen molar-refractivity contribution >= 4 is 31.8 Å². The number of aromatic nitrogens is 1. The Bertz CT molecular complexity index is 1260. The largest absolute Gasteiger partial charge is 0.382 e. The minimum atomic E-state index is -4.07. The van der Waals surface area contributed by atoms with E-state index in [2.05, 4.69) is 41.0 Å². The highest BCUT2D eigenvalue weighted by atomic mass is 79.9. The maximum atomic E-state index is 14.2. The zero-order chi connectivity index (χ0) is 26.3. The molecule has 3 aromatic rings. The summed E-state index contributed by atoms with van der Waals surface area (Å²) in [5, 5.41) is 4.71. The van der Waals surface area contributed by atoms with Gasteiger partial charge in [-0.15, -0.1) is 0 Å². The van der Waals surface area contributed by atoms with Gasteiger partial charge in [0.15, 0.2) is 0 Å². The molecule has 0 spiro atoms. The van der Waals surface area contributed by atoms with Gasteiger partial charge in [0.2, 0.25) is 5.88 Å². The van der Waals surface area contributed by atoms with Crippen LogP contribution in [0.4, 0.5) is 5.88 Å². The first-order chi connectivity index (χ1) is 17.2. The van der Waals surface area contributed by atoms with E-state index in [0.29, 0.717) is 29.3 Å². The second kappa shape index (κ2) is 12.9. The van der Waals surface area contributed by atoms with Crippen LogP contribution in [0.5, 0.6) is 0 Å². The predicted molar refractivity (Wildman–Crippen MR) is 146 cm³/mol. The average molecular weight is 580 g/mol. The zero-order valence-electron chi connectivity index (χ0n) is 21.6. The molecule has 0 N–H and O–H groups in total. The fourth-order valence-electron chi connectivity index (χ4n) is 3.84. The fourth-order valence-corrected chi connectivity index (χ4v) is 5.73. The van der Waals surface area contributed by atoms with Crippen molar-refractivity contribution in [1.82, 2.24) is 5.16 Å². The molecule has 1 aromatic heterocycles. The molecule has 0 aliphatic rings. The Morgan fingerprint density at radius 2 is 1.83 bits per heavy atom. The summed E-state index contributed by atoms with van der Waals surface area (Å²) < 4.78 is 45.7.